The van der Waals surface area contributed by atoms with Crippen LogP contribution in [0.25, 0.3) is 5.69 Å². The molecule has 2 atom stereocenters. The number of amides is 1. The zero-order valence-corrected chi connectivity index (χ0v) is 14.4. The molecule has 7 heteroatoms. The van der Waals surface area contributed by atoms with Gasteiger partial charge in [0.15, 0.2) is 5.69 Å². The van der Waals surface area contributed by atoms with Gasteiger partial charge >= 0.3 is 0 Å². The van der Waals surface area contributed by atoms with Gasteiger partial charge in [-0.25, -0.2) is 9.07 Å². The van der Waals surface area contributed by atoms with Crippen molar-refractivity contribution in [2.75, 3.05) is 13.1 Å². The van der Waals surface area contributed by atoms with Crippen molar-refractivity contribution in [3.8, 4) is 5.69 Å². The second kappa shape index (κ2) is 7.77. The molecule has 2 heterocycles. The molecular weight excluding hydrogens is 331 g/mol. The van der Waals surface area contributed by atoms with E-state index in [0.717, 1.165) is 25.1 Å². The van der Waals surface area contributed by atoms with Crippen molar-refractivity contribution in [3.63, 3.8) is 0 Å². The summed E-state index contributed by atoms with van der Waals surface area (Å²) in [5.41, 5.74) is 7.09. The van der Waals surface area contributed by atoms with Crippen molar-refractivity contribution in [2.24, 2.45) is 11.7 Å². The lowest BCUT2D eigenvalue weighted by molar-refractivity contribution is 0.0654. The van der Waals surface area contributed by atoms with E-state index in [1.165, 1.54) is 12.1 Å². The number of carbonyl (C=O) groups is 1. The van der Waals surface area contributed by atoms with Gasteiger partial charge < -0.3 is 10.6 Å². The Morgan fingerprint density at radius 2 is 2.04 bits per heavy atom. The molecule has 1 fully saturated rings. The summed E-state index contributed by atoms with van der Waals surface area (Å²) in [4.78, 5) is 14.4. The van der Waals surface area contributed by atoms with Gasteiger partial charge in [-0.2, -0.15) is 5.10 Å². The highest BCUT2D eigenvalue weighted by molar-refractivity contribution is 5.92. The highest BCUT2D eigenvalue weighted by atomic mass is 35.5. The molecule has 1 amide bonds. The molecular formula is C17H22ClFN4O. The second-order valence-corrected chi connectivity index (χ2v) is 6.13. The van der Waals surface area contributed by atoms with Crippen LogP contribution >= 0.6 is 12.4 Å². The second-order valence-electron chi connectivity index (χ2n) is 6.13. The summed E-state index contributed by atoms with van der Waals surface area (Å²) in [6.45, 7) is 3.41. The minimum Gasteiger partial charge on any atom is -0.337 e. The van der Waals surface area contributed by atoms with E-state index in [0.29, 0.717) is 18.2 Å². The molecule has 2 unspecified atom stereocenters. The van der Waals surface area contributed by atoms with Crippen molar-refractivity contribution in [1.29, 1.82) is 0 Å². The average molecular weight is 353 g/mol. The molecule has 2 N–H and O–H groups in total. The van der Waals surface area contributed by atoms with Gasteiger partial charge in [-0.3, -0.25) is 4.79 Å². The zero-order chi connectivity index (χ0) is 16.4. The molecule has 0 bridgehead atoms. The fraction of sp³-hybridized carbons (Fsp3) is 0.412. The largest absolute Gasteiger partial charge is 0.337 e. The molecule has 130 valence electrons. The van der Waals surface area contributed by atoms with Crippen LogP contribution in [0.5, 0.6) is 0 Å². The number of halogens is 2. The number of carbonyl (C=O) groups excluding carboxylic acids is 1. The van der Waals surface area contributed by atoms with Crippen molar-refractivity contribution in [3.05, 3.63) is 48.0 Å². The zero-order valence-electron chi connectivity index (χ0n) is 13.6. The third kappa shape index (κ3) is 3.94. The fourth-order valence-corrected chi connectivity index (χ4v) is 2.96. The molecule has 1 saturated heterocycles. The van der Waals surface area contributed by atoms with E-state index in [-0.39, 0.29) is 30.2 Å². The number of piperidine rings is 1. The van der Waals surface area contributed by atoms with Gasteiger partial charge in [0.1, 0.15) is 5.82 Å². The number of hydrogen-bond donors (Lipinski definition) is 1. The van der Waals surface area contributed by atoms with E-state index in [4.69, 9.17) is 5.73 Å². The molecule has 5 nitrogen and oxygen atoms in total. The van der Waals surface area contributed by atoms with E-state index < -0.39 is 0 Å². The molecule has 1 aliphatic heterocycles. The number of aromatic nitrogens is 2. The molecule has 24 heavy (non-hydrogen) atoms. The first-order valence-corrected chi connectivity index (χ1v) is 7.91. The van der Waals surface area contributed by atoms with Gasteiger partial charge in [-0.1, -0.05) is 0 Å². The summed E-state index contributed by atoms with van der Waals surface area (Å²) >= 11 is 0. The van der Waals surface area contributed by atoms with E-state index in [9.17, 15) is 9.18 Å². The van der Waals surface area contributed by atoms with Crippen LogP contribution in [0.15, 0.2) is 36.5 Å². The summed E-state index contributed by atoms with van der Waals surface area (Å²) < 4.78 is 14.6. The summed E-state index contributed by atoms with van der Waals surface area (Å²) in [7, 11) is 0. The van der Waals surface area contributed by atoms with Crippen LogP contribution in [-0.4, -0.2) is 39.7 Å². The van der Waals surface area contributed by atoms with Crippen LogP contribution in [-0.2, 0) is 0 Å². The predicted molar refractivity (Wildman–Crippen MR) is 93.0 cm³/mol. The lowest BCUT2D eigenvalue weighted by Gasteiger charge is -2.34. The molecule has 0 radical (unpaired) electrons. The average Bonchev–Trinajstić information content (AvgIpc) is 3.05. The number of likely N-dealkylation sites (tertiary alicyclic amines) is 1. The maximum Gasteiger partial charge on any atom is 0.274 e. The summed E-state index contributed by atoms with van der Waals surface area (Å²) in [5.74, 6) is -0.0319. The highest BCUT2D eigenvalue weighted by Gasteiger charge is 2.27. The quantitative estimate of drug-likeness (QED) is 0.923. The van der Waals surface area contributed by atoms with Crippen LogP contribution in [0.1, 0.15) is 30.3 Å². The van der Waals surface area contributed by atoms with E-state index >= 15 is 0 Å². The molecule has 1 aromatic heterocycles. The Hall–Kier alpha value is -1.92. The van der Waals surface area contributed by atoms with Crippen LogP contribution in [0, 0.1) is 11.7 Å². The Balaban J connectivity index is 0.00000208. The van der Waals surface area contributed by atoms with Gasteiger partial charge in [-0.15, -0.1) is 12.4 Å². The lowest BCUT2D eigenvalue weighted by atomic mass is 9.92. The van der Waals surface area contributed by atoms with Crippen molar-refractivity contribution >= 4 is 18.3 Å². The topological polar surface area (TPSA) is 64.2 Å². The Morgan fingerprint density at radius 3 is 2.71 bits per heavy atom. The van der Waals surface area contributed by atoms with Gasteiger partial charge in [0.25, 0.3) is 5.91 Å². The van der Waals surface area contributed by atoms with Gasteiger partial charge in [0.2, 0.25) is 0 Å². The van der Waals surface area contributed by atoms with Crippen LogP contribution in [0.2, 0.25) is 0 Å². The molecule has 3 rings (SSSR count). The van der Waals surface area contributed by atoms with E-state index in [2.05, 4.69) is 5.10 Å². The Bertz CT molecular complexity index is 686. The lowest BCUT2D eigenvalue weighted by Crippen LogP contribution is -2.45. The van der Waals surface area contributed by atoms with Crippen LogP contribution < -0.4 is 5.73 Å². The van der Waals surface area contributed by atoms with Gasteiger partial charge in [0, 0.05) is 25.3 Å². The Morgan fingerprint density at radius 1 is 1.33 bits per heavy atom. The number of rotatable bonds is 3. The molecule has 1 aromatic carbocycles. The number of benzene rings is 1. The number of nitrogens with zero attached hydrogens (tertiary/aromatic N) is 3. The Labute approximate surface area is 147 Å². The van der Waals surface area contributed by atoms with E-state index in [1.807, 2.05) is 11.8 Å². The minimum absolute atomic E-state index is 0. The first kappa shape index (κ1) is 18.4. The standard InChI is InChI=1S/C17H21FN4O.ClH/c1-12(19)13-3-2-9-21(11-13)17(23)16-8-10-22(20-16)15-6-4-14(18)5-7-15;/h4-8,10,12-13H,2-3,9,11,19H2,1H3;1H. The monoisotopic (exact) mass is 352 g/mol. The third-order valence-corrected chi connectivity index (χ3v) is 4.39. The maximum atomic E-state index is 13.0. The summed E-state index contributed by atoms with van der Waals surface area (Å²) in [5, 5.41) is 4.33. The van der Waals surface area contributed by atoms with Crippen LogP contribution in [0.3, 0.4) is 0 Å². The van der Waals surface area contributed by atoms with Crippen molar-refractivity contribution in [1.82, 2.24) is 14.7 Å². The number of nitrogens with two attached hydrogens (primary N) is 1. The molecule has 2 aromatic rings. The normalized spacial score (nSPS) is 18.8. The predicted octanol–water partition coefficient (Wildman–Crippen LogP) is 2.63. The van der Waals surface area contributed by atoms with Crippen molar-refractivity contribution in [2.45, 2.75) is 25.8 Å². The third-order valence-electron chi connectivity index (χ3n) is 4.39. The highest BCUT2D eigenvalue weighted by Crippen LogP contribution is 2.20. The number of hydrogen-bond acceptors (Lipinski definition) is 3. The maximum absolute atomic E-state index is 13.0. The van der Waals surface area contributed by atoms with Crippen molar-refractivity contribution < 1.29 is 9.18 Å². The summed E-state index contributed by atoms with van der Waals surface area (Å²) in [6.07, 6.45) is 3.75. The smallest absolute Gasteiger partial charge is 0.274 e. The SMILES string of the molecule is CC(N)C1CCCN(C(=O)c2ccn(-c3ccc(F)cc3)n2)C1.Cl. The fourth-order valence-electron chi connectivity index (χ4n) is 2.96. The molecule has 0 aliphatic carbocycles. The van der Waals surface area contributed by atoms with Gasteiger partial charge in [-0.05, 0) is 56.0 Å². The minimum atomic E-state index is -0.299. The van der Waals surface area contributed by atoms with Crippen LogP contribution in [0.4, 0.5) is 4.39 Å². The van der Waals surface area contributed by atoms with E-state index in [1.54, 1.807) is 29.1 Å². The molecule has 1 aliphatic rings. The molecule has 0 saturated carbocycles. The Kier molecular flexibility index (Phi) is 5.96. The first-order chi connectivity index (χ1) is 11.0. The molecule has 0 spiro atoms. The first-order valence-electron chi connectivity index (χ1n) is 7.91. The van der Waals surface area contributed by atoms with Gasteiger partial charge in [0.05, 0.1) is 5.69 Å². The summed E-state index contributed by atoms with van der Waals surface area (Å²) in [6, 6.07) is 7.78.